The summed E-state index contributed by atoms with van der Waals surface area (Å²) >= 11 is 0. The summed E-state index contributed by atoms with van der Waals surface area (Å²) in [5.41, 5.74) is 5.16. The molecule has 1 aromatic heterocycles. The Morgan fingerprint density at radius 3 is 2.64 bits per heavy atom. The molecule has 0 spiro atoms. The number of anilines is 4. The van der Waals surface area contributed by atoms with Crippen molar-refractivity contribution in [3.8, 4) is 5.75 Å². The number of rotatable bonds is 6. The highest BCUT2D eigenvalue weighted by atomic mass is 19.4. The zero-order chi connectivity index (χ0) is 26.2. The number of carbonyl (C=O) groups is 1. The Labute approximate surface area is 203 Å². The molecule has 13 heteroatoms. The number of hydrogen-bond donors (Lipinski definition) is 3. The maximum Gasteiger partial charge on any atom is 0.418 e. The number of likely N-dealkylation sites (N-methyl/N-ethyl adjacent to an activating group) is 1. The largest absolute Gasteiger partial charge is 0.495 e. The van der Waals surface area contributed by atoms with E-state index in [0.29, 0.717) is 17.5 Å². The number of nitrogens with two attached hydrogens (primary N) is 1. The summed E-state index contributed by atoms with van der Waals surface area (Å²) in [5.74, 6) is -2.51. The van der Waals surface area contributed by atoms with Gasteiger partial charge in [0.1, 0.15) is 11.6 Å². The van der Waals surface area contributed by atoms with Crippen LogP contribution < -0.4 is 21.1 Å². The number of primary amides is 1. The van der Waals surface area contributed by atoms with Gasteiger partial charge in [-0.25, -0.2) is 4.39 Å². The zero-order valence-corrected chi connectivity index (χ0v) is 19.6. The highest BCUT2D eigenvalue weighted by Crippen LogP contribution is 2.39. The standard InChI is InChI=1S/C23H23F4N7O2/c1-11-13-10-16(17(36-3)9-12(13)7-8-34(11)2)29-22-31-21(19(20(28)35)32-33-22)30-18-14(23(25,26)27)5-4-6-15(18)24/h4-6,9-11H,7-8H2,1-3H3,(H2,28,35)(H2,29,30,31,33). The summed E-state index contributed by atoms with van der Waals surface area (Å²) < 4.78 is 60.3. The normalized spacial score (nSPS) is 15.8. The number of methoxy groups -OCH3 is 1. The van der Waals surface area contributed by atoms with Gasteiger partial charge in [-0.15, -0.1) is 10.2 Å². The number of nitrogens with one attached hydrogen (secondary N) is 2. The molecule has 190 valence electrons. The number of aromatic nitrogens is 3. The highest BCUT2D eigenvalue weighted by Gasteiger charge is 2.35. The molecule has 36 heavy (non-hydrogen) atoms. The minimum absolute atomic E-state index is 0.121. The van der Waals surface area contributed by atoms with E-state index in [1.54, 1.807) is 0 Å². The molecule has 0 saturated carbocycles. The van der Waals surface area contributed by atoms with E-state index in [1.165, 1.54) is 7.11 Å². The number of ether oxygens (including phenoxy) is 1. The number of para-hydroxylation sites is 1. The summed E-state index contributed by atoms with van der Waals surface area (Å²) in [7, 11) is 3.50. The smallest absolute Gasteiger partial charge is 0.418 e. The maximum atomic E-state index is 14.4. The lowest BCUT2D eigenvalue weighted by Gasteiger charge is -2.32. The van der Waals surface area contributed by atoms with Crippen LogP contribution in [0.15, 0.2) is 30.3 Å². The SMILES string of the molecule is COc1cc2c(cc1Nc1nnc(C(N)=O)c(Nc3c(F)cccc3C(F)(F)F)n1)C(C)N(C)CC2. The summed E-state index contributed by atoms with van der Waals surface area (Å²) in [6.45, 7) is 2.94. The van der Waals surface area contributed by atoms with E-state index in [1.807, 2.05) is 19.2 Å². The average molecular weight is 505 g/mol. The van der Waals surface area contributed by atoms with Crippen LogP contribution in [0.25, 0.3) is 0 Å². The maximum absolute atomic E-state index is 14.4. The molecule has 3 aromatic rings. The molecule has 1 aliphatic heterocycles. The summed E-state index contributed by atoms with van der Waals surface area (Å²) in [6.07, 6.45) is -4.05. The van der Waals surface area contributed by atoms with Crippen LogP contribution in [0.1, 0.15) is 40.1 Å². The van der Waals surface area contributed by atoms with Crippen molar-refractivity contribution in [1.29, 1.82) is 0 Å². The van der Waals surface area contributed by atoms with Crippen molar-refractivity contribution in [1.82, 2.24) is 20.1 Å². The number of benzene rings is 2. The molecule has 1 atom stereocenters. The molecule has 1 amide bonds. The average Bonchev–Trinajstić information content (AvgIpc) is 2.82. The Morgan fingerprint density at radius 2 is 1.97 bits per heavy atom. The van der Waals surface area contributed by atoms with Gasteiger partial charge in [0, 0.05) is 12.6 Å². The van der Waals surface area contributed by atoms with Crippen molar-refractivity contribution in [2.24, 2.45) is 5.73 Å². The van der Waals surface area contributed by atoms with Crippen LogP contribution >= 0.6 is 0 Å². The molecule has 0 bridgehead atoms. The fraction of sp³-hybridized carbons (Fsp3) is 0.304. The van der Waals surface area contributed by atoms with Gasteiger partial charge >= 0.3 is 6.18 Å². The molecule has 1 unspecified atom stereocenters. The van der Waals surface area contributed by atoms with E-state index >= 15 is 0 Å². The Bertz CT molecular complexity index is 1320. The van der Waals surface area contributed by atoms with E-state index in [-0.39, 0.29) is 12.0 Å². The second kappa shape index (κ2) is 9.57. The molecular weight excluding hydrogens is 482 g/mol. The summed E-state index contributed by atoms with van der Waals surface area (Å²) in [6, 6.07) is 6.33. The number of carbonyl (C=O) groups excluding carboxylic acids is 1. The van der Waals surface area contributed by atoms with E-state index in [2.05, 4.69) is 37.6 Å². The van der Waals surface area contributed by atoms with Gasteiger partial charge < -0.3 is 21.1 Å². The molecule has 0 radical (unpaired) electrons. The van der Waals surface area contributed by atoms with Gasteiger partial charge in [0.15, 0.2) is 11.5 Å². The van der Waals surface area contributed by atoms with Crippen LogP contribution in [0.5, 0.6) is 5.75 Å². The Balaban J connectivity index is 1.75. The lowest BCUT2D eigenvalue weighted by molar-refractivity contribution is -0.137. The highest BCUT2D eigenvalue weighted by molar-refractivity contribution is 5.96. The predicted molar refractivity (Wildman–Crippen MR) is 124 cm³/mol. The number of amides is 1. The van der Waals surface area contributed by atoms with Gasteiger partial charge in [-0.1, -0.05) is 6.07 Å². The fourth-order valence-corrected chi connectivity index (χ4v) is 4.00. The molecule has 4 N–H and O–H groups in total. The molecule has 2 aromatic carbocycles. The monoisotopic (exact) mass is 505 g/mol. The Hall–Kier alpha value is -4.00. The lowest BCUT2D eigenvalue weighted by atomic mass is 9.93. The molecule has 9 nitrogen and oxygen atoms in total. The Morgan fingerprint density at radius 1 is 1.22 bits per heavy atom. The molecule has 0 saturated heterocycles. The number of nitrogens with zero attached hydrogens (tertiary/aromatic N) is 4. The topological polar surface area (TPSA) is 118 Å². The first kappa shape index (κ1) is 25.1. The van der Waals surface area contributed by atoms with E-state index in [4.69, 9.17) is 10.5 Å². The molecule has 1 aliphatic rings. The number of fused-ring (bicyclic) bond motifs is 1. The van der Waals surface area contributed by atoms with E-state index in [9.17, 15) is 22.4 Å². The van der Waals surface area contributed by atoms with Gasteiger partial charge in [-0.3, -0.25) is 9.69 Å². The van der Waals surface area contributed by atoms with Gasteiger partial charge in [0.2, 0.25) is 5.95 Å². The molecule has 4 rings (SSSR count). The summed E-state index contributed by atoms with van der Waals surface area (Å²) in [5, 5.41) is 12.7. The van der Waals surface area contributed by atoms with E-state index in [0.717, 1.165) is 36.2 Å². The molecule has 0 fully saturated rings. The number of alkyl halides is 3. The number of hydrogen-bond acceptors (Lipinski definition) is 8. The van der Waals surface area contributed by atoms with Gasteiger partial charge in [-0.05, 0) is 55.8 Å². The minimum atomic E-state index is -4.88. The van der Waals surface area contributed by atoms with E-state index < -0.39 is 40.7 Å². The third-order valence-corrected chi connectivity index (χ3v) is 6.04. The Kier molecular flexibility index (Phi) is 6.67. The quantitative estimate of drug-likeness (QED) is 0.427. The van der Waals surface area contributed by atoms with Crippen molar-refractivity contribution >= 4 is 29.0 Å². The zero-order valence-electron chi connectivity index (χ0n) is 19.6. The third kappa shape index (κ3) is 4.87. The van der Waals surface area contributed by atoms with Crippen molar-refractivity contribution < 1.29 is 27.1 Å². The van der Waals surface area contributed by atoms with Crippen molar-refractivity contribution in [2.45, 2.75) is 25.6 Å². The first-order valence-corrected chi connectivity index (χ1v) is 10.8. The second-order valence-electron chi connectivity index (χ2n) is 8.26. The second-order valence-corrected chi connectivity index (χ2v) is 8.26. The fourth-order valence-electron chi connectivity index (χ4n) is 4.00. The predicted octanol–water partition coefficient (Wildman–Crippen LogP) is 4.17. The van der Waals surface area contributed by atoms with Crippen LogP contribution in [-0.4, -0.2) is 46.7 Å². The third-order valence-electron chi connectivity index (χ3n) is 6.04. The van der Waals surface area contributed by atoms with Crippen molar-refractivity contribution in [2.75, 3.05) is 31.3 Å². The van der Waals surface area contributed by atoms with Gasteiger partial charge in [0.05, 0.1) is 24.0 Å². The van der Waals surface area contributed by atoms with Crippen LogP contribution in [0.2, 0.25) is 0 Å². The van der Waals surface area contributed by atoms with Crippen LogP contribution in [0.4, 0.5) is 40.7 Å². The van der Waals surface area contributed by atoms with Crippen LogP contribution in [0.3, 0.4) is 0 Å². The first-order valence-electron chi connectivity index (χ1n) is 10.8. The number of halogens is 4. The molecule has 0 aliphatic carbocycles. The van der Waals surface area contributed by atoms with Gasteiger partial charge in [-0.2, -0.15) is 18.2 Å². The molecule has 2 heterocycles. The van der Waals surface area contributed by atoms with Crippen LogP contribution in [0, 0.1) is 5.82 Å². The first-order chi connectivity index (χ1) is 17.0. The summed E-state index contributed by atoms with van der Waals surface area (Å²) in [4.78, 5) is 18.1. The minimum Gasteiger partial charge on any atom is -0.495 e. The van der Waals surface area contributed by atoms with Crippen molar-refractivity contribution in [3.63, 3.8) is 0 Å². The van der Waals surface area contributed by atoms with Crippen molar-refractivity contribution in [3.05, 3.63) is 58.5 Å². The van der Waals surface area contributed by atoms with Gasteiger partial charge in [0.25, 0.3) is 5.91 Å². The molecular formula is C23H23F4N7O2. The van der Waals surface area contributed by atoms with Crippen LogP contribution in [-0.2, 0) is 12.6 Å². The lowest BCUT2D eigenvalue weighted by Crippen LogP contribution is -2.30.